The number of carbonyl (C=O) groups excluding carboxylic acids is 2. The Balaban J connectivity index is 1.27. The molecule has 30 heavy (non-hydrogen) atoms. The summed E-state index contributed by atoms with van der Waals surface area (Å²) in [6.07, 6.45) is 0.727. The molecule has 3 aromatic rings. The minimum absolute atomic E-state index is 0.301. The van der Waals surface area contributed by atoms with Crippen molar-refractivity contribution in [1.82, 2.24) is 5.32 Å². The summed E-state index contributed by atoms with van der Waals surface area (Å²) in [5.74, 6) is 0.591. The number of hydrogen-bond acceptors (Lipinski definition) is 6. The smallest absolute Gasteiger partial charge is 0.348 e. The Bertz CT molecular complexity index is 1030. The van der Waals surface area contributed by atoms with E-state index in [4.69, 9.17) is 14.2 Å². The first-order valence-electron chi connectivity index (χ1n) is 9.66. The molecule has 2 aromatic carbocycles. The fourth-order valence-corrected chi connectivity index (χ4v) is 3.94. The van der Waals surface area contributed by atoms with Gasteiger partial charge in [0.1, 0.15) is 18.1 Å². The zero-order valence-corrected chi connectivity index (χ0v) is 17.1. The fraction of sp³-hybridized carbons (Fsp3) is 0.217. The summed E-state index contributed by atoms with van der Waals surface area (Å²) >= 11 is 1.31. The first-order valence-corrected chi connectivity index (χ1v) is 10.5. The van der Waals surface area contributed by atoms with Gasteiger partial charge in [0.15, 0.2) is 18.1 Å². The lowest BCUT2D eigenvalue weighted by molar-refractivity contribution is -0.124. The lowest BCUT2D eigenvalue weighted by atomic mass is 10.1. The molecule has 0 aliphatic carbocycles. The summed E-state index contributed by atoms with van der Waals surface area (Å²) in [4.78, 5) is 25.6. The standard InChI is InChI=1S/C23H21NO5S/c25-22(24-11-10-16-4-2-1-3-5-16)15-29-23(26)21-9-8-20(30-21)17-6-7-18-19(14-17)28-13-12-27-18/h1-9,14H,10-13,15H2,(H,24,25). The highest BCUT2D eigenvalue weighted by Gasteiger charge is 2.16. The molecular weight excluding hydrogens is 402 g/mol. The maximum absolute atomic E-state index is 12.3. The van der Waals surface area contributed by atoms with Crippen LogP contribution >= 0.6 is 11.3 Å². The monoisotopic (exact) mass is 423 g/mol. The number of thiophene rings is 1. The van der Waals surface area contributed by atoms with E-state index in [-0.39, 0.29) is 12.5 Å². The Hall–Kier alpha value is -3.32. The largest absolute Gasteiger partial charge is 0.486 e. The molecule has 0 radical (unpaired) electrons. The average Bonchev–Trinajstić information content (AvgIpc) is 3.28. The van der Waals surface area contributed by atoms with Crippen LogP contribution in [0.25, 0.3) is 10.4 Å². The molecule has 1 N–H and O–H groups in total. The van der Waals surface area contributed by atoms with Crippen LogP contribution in [0, 0.1) is 0 Å². The lowest BCUT2D eigenvalue weighted by Crippen LogP contribution is -2.30. The Morgan fingerprint density at radius 2 is 1.77 bits per heavy atom. The molecule has 6 nitrogen and oxygen atoms in total. The predicted octanol–water partition coefficient (Wildman–Crippen LogP) is 3.70. The van der Waals surface area contributed by atoms with Gasteiger partial charge >= 0.3 is 5.97 Å². The van der Waals surface area contributed by atoms with E-state index in [1.807, 2.05) is 54.6 Å². The maximum Gasteiger partial charge on any atom is 0.348 e. The molecule has 1 aliphatic rings. The van der Waals surface area contributed by atoms with E-state index in [0.717, 1.165) is 28.2 Å². The van der Waals surface area contributed by atoms with Gasteiger partial charge in [-0.3, -0.25) is 4.79 Å². The van der Waals surface area contributed by atoms with Crippen LogP contribution in [0.1, 0.15) is 15.2 Å². The Morgan fingerprint density at radius 3 is 2.60 bits per heavy atom. The minimum atomic E-state index is -0.512. The maximum atomic E-state index is 12.3. The molecule has 0 spiro atoms. The van der Waals surface area contributed by atoms with Gasteiger partial charge in [-0.15, -0.1) is 11.3 Å². The SMILES string of the molecule is O=C(COC(=O)c1ccc(-c2ccc3c(c2)OCCO3)s1)NCCc1ccccc1. The summed E-state index contributed by atoms with van der Waals surface area (Å²) in [6.45, 7) is 1.26. The van der Waals surface area contributed by atoms with E-state index in [2.05, 4.69) is 5.32 Å². The van der Waals surface area contributed by atoms with Crippen LogP contribution in [0.3, 0.4) is 0 Å². The van der Waals surface area contributed by atoms with Crippen molar-refractivity contribution in [3.05, 3.63) is 71.1 Å². The molecule has 7 heteroatoms. The number of rotatable bonds is 7. The topological polar surface area (TPSA) is 73.9 Å². The number of benzene rings is 2. The van der Waals surface area contributed by atoms with Gasteiger partial charge in [-0.05, 0) is 47.9 Å². The van der Waals surface area contributed by atoms with E-state index in [0.29, 0.717) is 30.4 Å². The number of ether oxygens (including phenoxy) is 3. The van der Waals surface area contributed by atoms with Crippen molar-refractivity contribution < 1.29 is 23.8 Å². The average molecular weight is 423 g/mol. The summed E-state index contributed by atoms with van der Waals surface area (Å²) in [5, 5.41) is 2.76. The second-order valence-electron chi connectivity index (χ2n) is 6.68. The third-order valence-corrected chi connectivity index (χ3v) is 5.66. The lowest BCUT2D eigenvalue weighted by Gasteiger charge is -2.18. The number of hydrogen-bond donors (Lipinski definition) is 1. The van der Waals surface area contributed by atoms with Crippen LogP contribution in [0.4, 0.5) is 0 Å². The second-order valence-corrected chi connectivity index (χ2v) is 7.77. The fourth-order valence-electron chi connectivity index (χ4n) is 3.04. The van der Waals surface area contributed by atoms with Crippen molar-refractivity contribution in [1.29, 1.82) is 0 Å². The number of fused-ring (bicyclic) bond motifs is 1. The Morgan fingerprint density at radius 1 is 0.967 bits per heavy atom. The van der Waals surface area contributed by atoms with E-state index < -0.39 is 5.97 Å². The van der Waals surface area contributed by atoms with E-state index in [1.54, 1.807) is 6.07 Å². The highest BCUT2D eigenvalue weighted by molar-refractivity contribution is 7.17. The van der Waals surface area contributed by atoms with Crippen LogP contribution < -0.4 is 14.8 Å². The molecule has 2 heterocycles. The normalized spacial score (nSPS) is 12.3. The summed E-state index contributed by atoms with van der Waals surface area (Å²) in [6, 6.07) is 19.1. The number of esters is 1. The molecule has 0 atom stereocenters. The van der Waals surface area contributed by atoms with E-state index in [9.17, 15) is 9.59 Å². The molecule has 1 aliphatic heterocycles. The first-order chi connectivity index (χ1) is 14.7. The Labute approximate surface area is 178 Å². The number of carbonyl (C=O) groups is 2. The third kappa shape index (κ3) is 4.99. The molecule has 1 aromatic heterocycles. The number of amides is 1. The second kappa shape index (κ2) is 9.45. The zero-order chi connectivity index (χ0) is 20.8. The van der Waals surface area contributed by atoms with Crippen LogP contribution in [-0.4, -0.2) is 38.2 Å². The van der Waals surface area contributed by atoms with Crippen LogP contribution in [-0.2, 0) is 16.0 Å². The molecule has 0 saturated carbocycles. The Kier molecular flexibility index (Phi) is 6.29. The molecule has 154 valence electrons. The summed E-state index contributed by atoms with van der Waals surface area (Å²) < 4.78 is 16.3. The van der Waals surface area contributed by atoms with Gasteiger partial charge in [0.2, 0.25) is 0 Å². The van der Waals surface area contributed by atoms with Crippen molar-refractivity contribution >= 4 is 23.2 Å². The minimum Gasteiger partial charge on any atom is -0.486 e. The molecule has 0 saturated heterocycles. The highest BCUT2D eigenvalue weighted by Crippen LogP contribution is 2.37. The van der Waals surface area contributed by atoms with Gasteiger partial charge in [0.05, 0.1) is 0 Å². The van der Waals surface area contributed by atoms with Crippen molar-refractivity contribution in [3.8, 4) is 21.9 Å². The molecule has 4 rings (SSSR count). The van der Waals surface area contributed by atoms with E-state index >= 15 is 0 Å². The van der Waals surface area contributed by atoms with Gasteiger partial charge in [-0.25, -0.2) is 4.79 Å². The molecule has 0 fully saturated rings. The molecule has 1 amide bonds. The van der Waals surface area contributed by atoms with Crippen molar-refractivity contribution in [2.24, 2.45) is 0 Å². The van der Waals surface area contributed by atoms with Crippen LogP contribution in [0.15, 0.2) is 60.7 Å². The van der Waals surface area contributed by atoms with Crippen molar-refractivity contribution in [2.75, 3.05) is 26.4 Å². The van der Waals surface area contributed by atoms with Gasteiger partial charge in [0, 0.05) is 11.4 Å². The first kappa shape index (κ1) is 20.0. The number of nitrogens with one attached hydrogen (secondary N) is 1. The molecule has 0 unspecified atom stereocenters. The van der Waals surface area contributed by atoms with Crippen molar-refractivity contribution in [3.63, 3.8) is 0 Å². The quantitative estimate of drug-likeness (QED) is 0.587. The van der Waals surface area contributed by atoms with Gasteiger partial charge in [-0.2, -0.15) is 0 Å². The van der Waals surface area contributed by atoms with Crippen molar-refractivity contribution in [2.45, 2.75) is 6.42 Å². The van der Waals surface area contributed by atoms with Crippen LogP contribution in [0.2, 0.25) is 0 Å². The predicted molar refractivity (Wildman–Crippen MR) is 114 cm³/mol. The van der Waals surface area contributed by atoms with Gasteiger partial charge < -0.3 is 19.5 Å². The van der Waals surface area contributed by atoms with Gasteiger partial charge in [-0.1, -0.05) is 30.3 Å². The van der Waals surface area contributed by atoms with Crippen LogP contribution in [0.5, 0.6) is 11.5 Å². The summed E-state index contributed by atoms with van der Waals surface area (Å²) in [7, 11) is 0. The zero-order valence-electron chi connectivity index (χ0n) is 16.3. The third-order valence-electron chi connectivity index (χ3n) is 4.55. The summed E-state index contributed by atoms with van der Waals surface area (Å²) in [5.41, 5.74) is 2.07. The van der Waals surface area contributed by atoms with Gasteiger partial charge in [0.25, 0.3) is 5.91 Å². The van der Waals surface area contributed by atoms with E-state index in [1.165, 1.54) is 11.3 Å². The molecule has 0 bridgehead atoms. The highest BCUT2D eigenvalue weighted by atomic mass is 32.1. The molecular formula is C23H21NO5S.